The van der Waals surface area contributed by atoms with E-state index in [4.69, 9.17) is 0 Å². The van der Waals surface area contributed by atoms with Crippen LogP contribution in [0.15, 0.2) is 35.8 Å². The number of rotatable bonds is 5. The molecule has 0 bridgehead atoms. The Morgan fingerprint density at radius 3 is 2.75 bits per heavy atom. The Kier molecular flexibility index (Phi) is 5.52. The van der Waals surface area contributed by atoms with Crippen LogP contribution in [0.4, 0.5) is 10.2 Å². The number of thiazole rings is 1. The van der Waals surface area contributed by atoms with Gasteiger partial charge in [0.2, 0.25) is 5.91 Å². The van der Waals surface area contributed by atoms with E-state index in [0.717, 1.165) is 35.1 Å². The minimum absolute atomic E-state index is 0.0309. The maximum absolute atomic E-state index is 13.2. The first kappa shape index (κ1) is 18.8. The second-order valence-corrected chi connectivity index (χ2v) is 8.14. The molecule has 28 heavy (non-hydrogen) atoms. The van der Waals surface area contributed by atoms with Crippen LogP contribution in [0.1, 0.15) is 44.3 Å². The number of carbonyl (C=O) groups is 1. The Morgan fingerprint density at radius 2 is 2.00 bits per heavy atom. The van der Waals surface area contributed by atoms with Gasteiger partial charge in [0, 0.05) is 17.4 Å². The number of hydrogen-bond donors (Lipinski definition) is 1. The third-order valence-corrected chi connectivity index (χ3v) is 6.05. The summed E-state index contributed by atoms with van der Waals surface area (Å²) >= 11 is 1.46. The average Bonchev–Trinajstić information content (AvgIpc) is 3.30. The number of imidazole rings is 1. The van der Waals surface area contributed by atoms with Crippen LogP contribution in [0.3, 0.4) is 0 Å². The largest absolute Gasteiger partial charge is 0.310 e. The first-order chi connectivity index (χ1) is 13.6. The van der Waals surface area contributed by atoms with Gasteiger partial charge in [0.15, 0.2) is 5.13 Å². The zero-order valence-electron chi connectivity index (χ0n) is 15.8. The second kappa shape index (κ2) is 8.22. The number of anilines is 1. The van der Waals surface area contributed by atoms with Crippen molar-refractivity contribution >= 4 is 23.1 Å². The molecule has 0 aliphatic heterocycles. The van der Waals surface area contributed by atoms with Gasteiger partial charge < -0.3 is 5.32 Å². The molecule has 1 fully saturated rings. The van der Waals surface area contributed by atoms with Gasteiger partial charge in [-0.05, 0) is 49.9 Å². The molecule has 0 radical (unpaired) electrons. The van der Waals surface area contributed by atoms with Crippen LogP contribution in [-0.2, 0) is 4.79 Å². The van der Waals surface area contributed by atoms with E-state index in [1.807, 2.05) is 16.9 Å². The van der Waals surface area contributed by atoms with Crippen molar-refractivity contribution < 1.29 is 9.18 Å². The molecule has 1 amide bonds. The second-order valence-electron chi connectivity index (χ2n) is 7.30. The maximum Gasteiger partial charge on any atom is 0.225 e. The van der Waals surface area contributed by atoms with Gasteiger partial charge >= 0.3 is 0 Å². The van der Waals surface area contributed by atoms with Crippen LogP contribution < -0.4 is 5.32 Å². The van der Waals surface area contributed by atoms with Crippen LogP contribution in [0.5, 0.6) is 0 Å². The number of amides is 1. The number of aromatic nitrogens is 3. The lowest BCUT2D eigenvalue weighted by Gasteiger charge is -2.20. The molecule has 146 valence electrons. The molecular formula is C21H23FN4OS. The van der Waals surface area contributed by atoms with E-state index in [1.54, 1.807) is 18.3 Å². The van der Waals surface area contributed by atoms with Gasteiger partial charge in [-0.1, -0.05) is 19.3 Å². The lowest BCUT2D eigenvalue weighted by Crippen LogP contribution is -2.19. The standard InChI is InChI=1S/C21H23FN4OS/c1-14-23-12-19(25-20(27)11-15-5-3-2-4-6-15)26(14)21-24-18(13-28-21)16-7-9-17(22)10-8-16/h7-10,12-13,15H,2-6,11H2,1H3,(H,25,27). The smallest absolute Gasteiger partial charge is 0.225 e. The average molecular weight is 399 g/mol. The summed E-state index contributed by atoms with van der Waals surface area (Å²) in [5, 5.41) is 5.66. The van der Waals surface area contributed by atoms with Gasteiger partial charge in [-0.3, -0.25) is 9.36 Å². The predicted octanol–water partition coefficient (Wildman–Crippen LogP) is 5.35. The summed E-state index contributed by atoms with van der Waals surface area (Å²) in [6.07, 6.45) is 8.24. The number of aryl methyl sites for hydroxylation is 1. The lowest BCUT2D eigenvalue weighted by molar-refractivity contribution is -0.117. The number of nitrogens with one attached hydrogen (secondary N) is 1. The molecule has 4 rings (SSSR count). The van der Waals surface area contributed by atoms with Crippen LogP contribution in [0.25, 0.3) is 16.4 Å². The summed E-state index contributed by atoms with van der Waals surface area (Å²) in [6.45, 7) is 1.88. The molecule has 1 saturated carbocycles. The Hall–Kier alpha value is -2.54. The van der Waals surface area contributed by atoms with E-state index in [1.165, 1.54) is 42.7 Å². The Bertz CT molecular complexity index is 957. The van der Waals surface area contributed by atoms with Crippen molar-refractivity contribution in [3.63, 3.8) is 0 Å². The topological polar surface area (TPSA) is 59.8 Å². The fraction of sp³-hybridized carbons (Fsp3) is 0.381. The Labute approximate surface area is 167 Å². The SMILES string of the molecule is Cc1ncc(NC(=O)CC2CCCCC2)n1-c1nc(-c2ccc(F)cc2)cs1. The Balaban J connectivity index is 1.52. The first-order valence-corrected chi connectivity index (χ1v) is 10.5. The van der Waals surface area contributed by atoms with Crippen LogP contribution in [0, 0.1) is 18.7 Å². The van der Waals surface area contributed by atoms with Crippen LogP contribution >= 0.6 is 11.3 Å². The van der Waals surface area contributed by atoms with Crippen molar-refractivity contribution in [2.24, 2.45) is 5.92 Å². The van der Waals surface area contributed by atoms with Gasteiger partial charge in [-0.25, -0.2) is 14.4 Å². The van der Waals surface area contributed by atoms with Gasteiger partial charge in [-0.15, -0.1) is 11.3 Å². The summed E-state index contributed by atoms with van der Waals surface area (Å²) < 4.78 is 15.0. The van der Waals surface area contributed by atoms with E-state index in [-0.39, 0.29) is 11.7 Å². The van der Waals surface area contributed by atoms with Crippen molar-refractivity contribution in [1.82, 2.24) is 14.5 Å². The Morgan fingerprint density at radius 1 is 1.25 bits per heavy atom. The fourth-order valence-electron chi connectivity index (χ4n) is 3.74. The highest BCUT2D eigenvalue weighted by Crippen LogP contribution is 2.29. The number of carbonyl (C=O) groups excluding carboxylic acids is 1. The normalized spacial score (nSPS) is 14.9. The quantitative estimate of drug-likeness (QED) is 0.630. The molecule has 1 aliphatic carbocycles. The van der Waals surface area contributed by atoms with Gasteiger partial charge in [0.25, 0.3) is 0 Å². The van der Waals surface area contributed by atoms with E-state index in [2.05, 4.69) is 15.3 Å². The molecule has 0 unspecified atom stereocenters. The number of hydrogen-bond acceptors (Lipinski definition) is 4. The van der Waals surface area contributed by atoms with Crippen molar-refractivity contribution in [1.29, 1.82) is 0 Å². The monoisotopic (exact) mass is 398 g/mol. The highest BCUT2D eigenvalue weighted by atomic mass is 32.1. The molecule has 0 atom stereocenters. The van der Waals surface area contributed by atoms with Gasteiger partial charge in [-0.2, -0.15) is 0 Å². The van der Waals surface area contributed by atoms with Crippen molar-refractivity contribution in [3.05, 3.63) is 47.5 Å². The predicted molar refractivity (Wildman–Crippen MR) is 109 cm³/mol. The minimum atomic E-state index is -0.271. The number of halogens is 1. The fourth-order valence-corrected chi connectivity index (χ4v) is 4.63. The zero-order valence-corrected chi connectivity index (χ0v) is 16.6. The number of benzene rings is 1. The van der Waals surface area contributed by atoms with Crippen molar-refractivity contribution in [2.75, 3.05) is 5.32 Å². The molecule has 7 heteroatoms. The molecule has 1 aromatic carbocycles. The molecule has 2 aromatic heterocycles. The van der Waals surface area contributed by atoms with Crippen molar-refractivity contribution in [2.45, 2.75) is 45.4 Å². The summed E-state index contributed by atoms with van der Waals surface area (Å²) in [5.74, 6) is 1.64. The molecule has 1 N–H and O–H groups in total. The van der Waals surface area contributed by atoms with Crippen LogP contribution in [0.2, 0.25) is 0 Å². The van der Waals surface area contributed by atoms with Gasteiger partial charge in [0.05, 0.1) is 11.9 Å². The third kappa shape index (κ3) is 4.14. The molecule has 3 aromatic rings. The molecule has 0 saturated heterocycles. The van der Waals surface area contributed by atoms with Crippen LogP contribution in [-0.4, -0.2) is 20.4 Å². The molecule has 0 spiro atoms. The maximum atomic E-state index is 13.2. The zero-order chi connectivity index (χ0) is 19.5. The third-order valence-electron chi connectivity index (χ3n) is 5.23. The highest BCUT2D eigenvalue weighted by Gasteiger charge is 2.19. The van der Waals surface area contributed by atoms with E-state index >= 15 is 0 Å². The molecule has 1 aliphatic rings. The summed E-state index contributed by atoms with van der Waals surface area (Å²) in [6, 6.07) is 6.27. The molecule has 5 nitrogen and oxygen atoms in total. The molecular weight excluding hydrogens is 375 g/mol. The van der Waals surface area contributed by atoms with E-state index in [9.17, 15) is 9.18 Å². The summed E-state index contributed by atoms with van der Waals surface area (Å²) in [5.41, 5.74) is 1.62. The van der Waals surface area contributed by atoms with Gasteiger partial charge in [0.1, 0.15) is 17.5 Å². The van der Waals surface area contributed by atoms with E-state index < -0.39 is 0 Å². The number of nitrogens with zero attached hydrogens (tertiary/aromatic N) is 3. The molecule has 2 heterocycles. The first-order valence-electron chi connectivity index (χ1n) is 9.66. The lowest BCUT2D eigenvalue weighted by atomic mass is 9.87. The highest BCUT2D eigenvalue weighted by molar-refractivity contribution is 7.12. The van der Waals surface area contributed by atoms with Crippen molar-refractivity contribution in [3.8, 4) is 16.4 Å². The minimum Gasteiger partial charge on any atom is -0.310 e. The summed E-state index contributed by atoms with van der Waals surface area (Å²) in [7, 11) is 0. The summed E-state index contributed by atoms with van der Waals surface area (Å²) in [4.78, 5) is 21.5. The van der Waals surface area contributed by atoms with E-state index in [0.29, 0.717) is 18.2 Å².